The fourth-order valence-electron chi connectivity index (χ4n) is 2.98. The second-order valence-corrected chi connectivity index (χ2v) is 6.09. The molecule has 1 saturated carbocycles. The zero-order chi connectivity index (χ0) is 15.2. The van der Waals surface area contributed by atoms with Crippen molar-refractivity contribution in [1.29, 1.82) is 0 Å². The van der Waals surface area contributed by atoms with E-state index in [4.69, 9.17) is 5.73 Å². The zero-order valence-electron chi connectivity index (χ0n) is 13.2. The second kappa shape index (κ2) is 7.46. The van der Waals surface area contributed by atoms with Crippen LogP contribution in [0, 0.1) is 6.92 Å². The van der Waals surface area contributed by atoms with Crippen molar-refractivity contribution in [3.63, 3.8) is 0 Å². The molecule has 21 heavy (non-hydrogen) atoms. The van der Waals surface area contributed by atoms with Gasteiger partial charge in [-0.15, -0.1) is 0 Å². The highest BCUT2D eigenvalue weighted by Crippen LogP contribution is 2.22. The maximum Gasteiger partial charge on any atom is 0.225 e. The molecule has 1 fully saturated rings. The molecule has 4 heteroatoms. The first-order valence-corrected chi connectivity index (χ1v) is 7.93. The van der Waals surface area contributed by atoms with E-state index in [1.807, 2.05) is 25.1 Å². The van der Waals surface area contributed by atoms with Gasteiger partial charge in [0.15, 0.2) is 0 Å². The Bertz CT molecular complexity index is 481. The average Bonchev–Trinajstić information content (AvgIpc) is 2.50. The highest BCUT2D eigenvalue weighted by atomic mass is 16.1. The number of nitrogens with zero attached hydrogens (tertiary/aromatic N) is 1. The molecule has 0 atom stereocenters. The van der Waals surface area contributed by atoms with Crippen LogP contribution in [0.2, 0.25) is 0 Å². The van der Waals surface area contributed by atoms with E-state index in [2.05, 4.69) is 17.3 Å². The van der Waals surface area contributed by atoms with E-state index in [1.54, 1.807) is 0 Å². The fourth-order valence-corrected chi connectivity index (χ4v) is 2.98. The number of hydrogen-bond donors (Lipinski definition) is 2. The average molecular weight is 289 g/mol. The molecule has 0 aromatic heterocycles. The number of rotatable bonds is 5. The number of nitrogens with two attached hydrogens (primary N) is 1. The molecule has 1 aromatic rings. The van der Waals surface area contributed by atoms with E-state index in [-0.39, 0.29) is 5.91 Å². The molecule has 2 rings (SSSR count). The number of amides is 1. The number of anilines is 2. The molecule has 4 nitrogen and oxygen atoms in total. The van der Waals surface area contributed by atoms with Crippen LogP contribution >= 0.6 is 0 Å². The molecule has 0 spiro atoms. The van der Waals surface area contributed by atoms with Gasteiger partial charge in [0, 0.05) is 30.4 Å². The van der Waals surface area contributed by atoms with Gasteiger partial charge in [-0.1, -0.05) is 25.3 Å². The number of nitrogen functional groups attached to an aromatic ring is 1. The molecule has 0 bridgehead atoms. The summed E-state index contributed by atoms with van der Waals surface area (Å²) in [7, 11) is 2.13. The Morgan fingerprint density at radius 1 is 1.33 bits per heavy atom. The quantitative estimate of drug-likeness (QED) is 0.819. The van der Waals surface area contributed by atoms with Crippen molar-refractivity contribution in [2.75, 3.05) is 24.6 Å². The molecular formula is C17H27N3O. The van der Waals surface area contributed by atoms with Gasteiger partial charge in [0.05, 0.1) is 0 Å². The van der Waals surface area contributed by atoms with E-state index < -0.39 is 0 Å². The molecule has 0 radical (unpaired) electrons. The lowest BCUT2D eigenvalue weighted by Gasteiger charge is -2.30. The molecule has 0 aliphatic heterocycles. The normalized spacial score (nSPS) is 16.1. The topological polar surface area (TPSA) is 58.4 Å². The summed E-state index contributed by atoms with van der Waals surface area (Å²) in [5.41, 5.74) is 8.33. The molecule has 0 heterocycles. The van der Waals surface area contributed by atoms with Crippen LogP contribution in [0.15, 0.2) is 18.2 Å². The van der Waals surface area contributed by atoms with Crippen molar-refractivity contribution in [2.45, 2.75) is 51.5 Å². The Balaban J connectivity index is 1.80. The zero-order valence-corrected chi connectivity index (χ0v) is 13.2. The van der Waals surface area contributed by atoms with E-state index >= 15 is 0 Å². The first kappa shape index (κ1) is 15.8. The number of nitrogens with one attached hydrogen (secondary N) is 1. The maximum absolute atomic E-state index is 12.1. The Morgan fingerprint density at radius 2 is 2.05 bits per heavy atom. The van der Waals surface area contributed by atoms with Gasteiger partial charge < -0.3 is 16.0 Å². The molecule has 116 valence electrons. The molecule has 0 unspecified atom stereocenters. The molecule has 1 aliphatic rings. The van der Waals surface area contributed by atoms with Crippen LogP contribution in [0.5, 0.6) is 0 Å². The summed E-state index contributed by atoms with van der Waals surface area (Å²) < 4.78 is 0. The summed E-state index contributed by atoms with van der Waals surface area (Å²) in [5, 5.41) is 2.96. The van der Waals surface area contributed by atoms with Gasteiger partial charge in [0.2, 0.25) is 5.91 Å². The van der Waals surface area contributed by atoms with Crippen molar-refractivity contribution < 1.29 is 4.79 Å². The standard InChI is InChI=1S/C17H27N3O/c1-13-15(18)9-6-10-16(13)19-17(21)11-12-20(2)14-7-4-3-5-8-14/h6,9-10,14H,3-5,7-8,11-12,18H2,1-2H3,(H,19,21). The van der Waals surface area contributed by atoms with E-state index in [9.17, 15) is 4.79 Å². The molecule has 1 aromatic carbocycles. The minimum atomic E-state index is 0.0614. The van der Waals surface area contributed by atoms with E-state index in [1.165, 1.54) is 32.1 Å². The van der Waals surface area contributed by atoms with Gasteiger partial charge in [0.25, 0.3) is 0 Å². The Hall–Kier alpha value is -1.55. The van der Waals surface area contributed by atoms with E-state index in [0.717, 1.165) is 17.8 Å². The van der Waals surface area contributed by atoms with E-state index in [0.29, 0.717) is 18.2 Å². The van der Waals surface area contributed by atoms with Gasteiger partial charge >= 0.3 is 0 Å². The minimum Gasteiger partial charge on any atom is -0.398 e. The Kier molecular flexibility index (Phi) is 5.62. The number of benzene rings is 1. The predicted octanol–water partition coefficient (Wildman–Crippen LogP) is 3.17. The lowest BCUT2D eigenvalue weighted by Crippen LogP contribution is -2.35. The molecule has 1 aliphatic carbocycles. The van der Waals surface area contributed by atoms with Gasteiger partial charge in [-0.2, -0.15) is 0 Å². The first-order chi connectivity index (χ1) is 10.1. The van der Waals surface area contributed by atoms with Crippen molar-refractivity contribution in [3.05, 3.63) is 23.8 Å². The predicted molar refractivity (Wildman–Crippen MR) is 88.3 cm³/mol. The number of hydrogen-bond acceptors (Lipinski definition) is 3. The van der Waals surface area contributed by atoms with Gasteiger partial charge in [0.1, 0.15) is 0 Å². The second-order valence-electron chi connectivity index (χ2n) is 6.09. The lowest BCUT2D eigenvalue weighted by molar-refractivity contribution is -0.116. The highest BCUT2D eigenvalue weighted by molar-refractivity contribution is 5.92. The monoisotopic (exact) mass is 289 g/mol. The van der Waals surface area contributed by atoms with Gasteiger partial charge in [-0.3, -0.25) is 4.79 Å². The minimum absolute atomic E-state index is 0.0614. The van der Waals surface area contributed by atoms with Crippen molar-refractivity contribution in [2.24, 2.45) is 0 Å². The molecule has 1 amide bonds. The lowest BCUT2D eigenvalue weighted by atomic mass is 9.94. The summed E-state index contributed by atoms with van der Waals surface area (Å²) in [6.45, 7) is 2.75. The third-order valence-electron chi connectivity index (χ3n) is 4.54. The summed E-state index contributed by atoms with van der Waals surface area (Å²) >= 11 is 0. The Labute approximate surface area is 127 Å². The fraction of sp³-hybridized carbons (Fsp3) is 0.588. The largest absolute Gasteiger partial charge is 0.398 e. The van der Waals surface area contributed by atoms with Crippen LogP contribution in [0.25, 0.3) is 0 Å². The first-order valence-electron chi connectivity index (χ1n) is 7.93. The third kappa shape index (κ3) is 4.46. The van der Waals surface area contributed by atoms with Gasteiger partial charge in [-0.25, -0.2) is 0 Å². The van der Waals surface area contributed by atoms with Gasteiger partial charge in [-0.05, 0) is 44.5 Å². The smallest absolute Gasteiger partial charge is 0.225 e. The molecule has 0 saturated heterocycles. The SMILES string of the molecule is Cc1c(N)cccc1NC(=O)CCN(C)C1CCCCC1. The van der Waals surface area contributed by atoms with Crippen molar-refractivity contribution >= 4 is 17.3 Å². The van der Waals surface area contributed by atoms with Crippen LogP contribution in [-0.4, -0.2) is 30.4 Å². The summed E-state index contributed by atoms with van der Waals surface area (Å²) in [5.74, 6) is 0.0614. The van der Waals surface area contributed by atoms with Crippen molar-refractivity contribution in [3.8, 4) is 0 Å². The maximum atomic E-state index is 12.1. The van der Waals surface area contributed by atoms with Crippen LogP contribution < -0.4 is 11.1 Å². The van der Waals surface area contributed by atoms with Crippen LogP contribution in [-0.2, 0) is 4.79 Å². The summed E-state index contributed by atoms with van der Waals surface area (Å²) in [6.07, 6.45) is 7.08. The third-order valence-corrected chi connectivity index (χ3v) is 4.54. The summed E-state index contributed by atoms with van der Waals surface area (Å²) in [6, 6.07) is 6.27. The Morgan fingerprint density at radius 3 is 2.76 bits per heavy atom. The van der Waals surface area contributed by atoms with Crippen LogP contribution in [0.3, 0.4) is 0 Å². The van der Waals surface area contributed by atoms with Crippen LogP contribution in [0.4, 0.5) is 11.4 Å². The number of carbonyl (C=O) groups is 1. The molecule has 3 N–H and O–H groups in total. The number of carbonyl (C=O) groups excluding carboxylic acids is 1. The van der Waals surface area contributed by atoms with Crippen molar-refractivity contribution in [1.82, 2.24) is 4.90 Å². The summed E-state index contributed by atoms with van der Waals surface area (Å²) in [4.78, 5) is 14.4. The molecular weight excluding hydrogens is 262 g/mol. The van der Waals surface area contributed by atoms with Crippen LogP contribution in [0.1, 0.15) is 44.1 Å². The highest BCUT2D eigenvalue weighted by Gasteiger charge is 2.18.